The van der Waals surface area contributed by atoms with Crippen molar-refractivity contribution in [1.82, 2.24) is 4.72 Å². The summed E-state index contributed by atoms with van der Waals surface area (Å²) in [5.41, 5.74) is 2.04. The number of rotatable bonds is 3. The summed E-state index contributed by atoms with van der Waals surface area (Å²) in [5, 5.41) is 0. The molecule has 0 bridgehead atoms. The van der Waals surface area contributed by atoms with E-state index >= 15 is 0 Å². The summed E-state index contributed by atoms with van der Waals surface area (Å²) in [6.07, 6.45) is 0. The molecule has 0 amide bonds. The molecule has 0 spiro atoms. The van der Waals surface area contributed by atoms with E-state index in [4.69, 9.17) is 0 Å². The molecule has 0 heterocycles. The van der Waals surface area contributed by atoms with Crippen LogP contribution in [0.25, 0.3) is 0 Å². The molecule has 0 unspecified atom stereocenters. The van der Waals surface area contributed by atoms with Crippen molar-refractivity contribution in [2.75, 3.05) is 0 Å². The van der Waals surface area contributed by atoms with Crippen molar-refractivity contribution >= 4 is 26.0 Å². The molecule has 0 aliphatic heterocycles. The molecular formula is C13H20BrNO2S. The monoisotopic (exact) mass is 333 g/mol. The van der Waals surface area contributed by atoms with Gasteiger partial charge in [-0.05, 0) is 51.8 Å². The van der Waals surface area contributed by atoms with Gasteiger partial charge in [0.05, 0.1) is 4.75 Å². The van der Waals surface area contributed by atoms with E-state index in [-0.39, 0.29) is 6.04 Å². The van der Waals surface area contributed by atoms with Gasteiger partial charge in [0.1, 0.15) is 0 Å². The Morgan fingerprint density at radius 3 is 2.33 bits per heavy atom. The Bertz CT molecular complexity index is 532. The van der Waals surface area contributed by atoms with Gasteiger partial charge < -0.3 is 0 Å². The van der Waals surface area contributed by atoms with E-state index in [0.29, 0.717) is 0 Å². The molecule has 1 N–H and O–H groups in total. The molecule has 0 fully saturated rings. The second-order valence-electron chi connectivity index (χ2n) is 5.41. The Balaban J connectivity index is 3.04. The Morgan fingerprint density at radius 2 is 1.83 bits per heavy atom. The standard InChI is InChI=1S/C13H20BrNO2S/c1-9-11(7-6-8-12(9)14)10(2)15-18(16,17)13(3,4)5/h6-8,10,15H,1-5H3/t10-/m1/s1. The summed E-state index contributed by atoms with van der Waals surface area (Å²) in [5.74, 6) is 0. The van der Waals surface area contributed by atoms with Gasteiger partial charge in [-0.2, -0.15) is 0 Å². The first-order chi connectivity index (χ1) is 8.06. The van der Waals surface area contributed by atoms with E-state index < -0.39 is 14.8 Å². The van der Waals surface area contributed by atoms with Gasteiger partial charge in [0, 0.05) is 10.5 Å². The number of hydrogen-bond donors (Lipinski definition) is 1. The third-order valence-electron chi connectivity index (χ3n) is 2.91. The SMILES string of the molecule is Cc1c(Br)cccc1[C@@H](C)NS(=O)(=O)C(C)(C)C. The Morgan fingerprint density at radius 1 is 1.28 bits per heavy atom. The Labute approximate surface area is 118 Å². The van der Waals surface area contributed by atoms with Gasteiger partial charge >= 0.3 is 0 Å². The predicted molar refractivity (Wildman–Crippen MR) is 79.1 cm³/mol. The molecule has 1 aromatic rings. The van der Waals surface area contributed by atoms with Gasteiger partial charge in [-0.3, -0.25) is 0 Å². The van der Waals surface area contributed by atoms with Crippen LogP contribution in [-0.4, -0.2) is 13.2 Å². The zero-order valence-electron chi connectivity index (χ0n) is 11.4. The van der Waals surface area contributed by atoms with Crippen LogP contribution in [0.15, 0.2) is 22.7 Å². The molecule has 1 atom stereocenters. The van der Waals surface area contributed by atoms with Crippen molar-refractivity contribution in [2.24, 2.45) is 0 Å². The fourth-order valence-electron chi connectivity index (χ4n) is 1.57. The van der Waals surface area contributed by atoms with E-state index in [1.54, 1.807) is 20.8 Å². The van der Waals surface area contributed by atoms with Crippen LogP contribution in [0.5, 0.6) is 0 Å². The van der Waals surface area contributed by atoms with Crippen LogP contribution < -0.4 is 4.72 Å². The summed E-state index contributed by atoms with van der Waals surface area (Å²) in [6.45, 7) is 8.90. The smallest absolute Gasteiger partial charge is 0.212 e. The fourth-order valence-corrected chi connectivity index (χ4v) is 2.89. The molecule has 0 aliphatic carbocycles. The third kappa shape index (κ3) is 3.33. The molecule has 0 aromatic heterocycles. The predicted octanol–water partition coefficient (Wildman–Crippen LogP) is 3.54. The van der Waals surface area contributed by atoms with Crippen molar-refractivity contribution in [2.45, 2.75) is 45.4 Å². The maximum atomic E-state index is 12.1. The van der Waals surface area contributed by atoms with Crippen LogP contribution in [-0.2, 0) is 10.0 Å². The minimum absolute atomic E-state index is 0.244. The largest absolute Gasteiger partial charge is 0.217 e. The van der Waals surface area contributed by atoms with E-state index in [1.807, 2.05) is 32.0 Å². The number of sulfonamides is 1. The van der Waals surface area contributed by atoms with Crippen molar-refractivity contribution in [1.29, 1.82) is 0 Å². The van der Waals surface area contributed by atoms with Gasteiger partial charge in [0.15, 0.2) is 0 Å². The van der Waals surface area contributed by atoms with Gasteiger partial charge in [-0.1, -0.05) is 28.1 Å². The van der Waals surface area contributed by atoms with Gasteiger partial charge in [0.25, 0.3) is 0 Å². The normalized spacial score (nSPS) is 14.6. The molecule has 18 heavy (non-hydrogen) atoms. The topological polar surface area (TPSA) is 46.2 Å². The van der Waals surface area contributed by atoms with E-state index in [9.17, 15) is 8.42 Å². The molecule has 0 radical (unpaired) electrons. The van der Waals surface area contributed by atoms with Crippen LogP contribution in [0.2, 0.25) is 0 Å². The van der Waals surface area contributed by atoms with Crippen LogP contribution >= 0.6 is 15.9 Å². The highest BCUT2D eigenvalue weighted by molar-refractivity contribution is 9.10. The first kappa shape index (κ1) is 15.7. The number of halogens is 1. The Hall–Kier alpha value is -0.390. The average Bonchev–Trinajstić information content (AvgIpc) is 2.19. The maximum Gasteiger partial charge on any atom is 0.217 e. The molecule has 102 valence electrons. The second-order valence-corrected chi connectivity index (χ2v) is 8.73. The zero-order chi connectivity index (χ0) is 14.1. The highest BCUT2D eigenvalue weighted by Crippen LogP contribution is 2.26. The molecule has 0 aliphatic rings. The summed E-state index contributed by atoms with van der Waals surface area (Å²) in [7, 11) is -3.34. The first-order valence-electron chi connectivity index (χ1n) is 5.83. The molecular weight excluding hydrogens is 314 g/mol. The van der Waals surface area contributed by atoms with Gasteiger partial charge in [-0.25, -0.2) is 13.1 Å². The molecule has 1 rings (SSSR count). The lowest BCUT2D eigenvalue weighted by molar-refractivity contribution is 0.531. The lowest BCUT2D eigenvalue weighted by Gasteiger charge is -2.24. The molecule has 0 saturated heterocycles. The van der Waals surface area contributed by atoms with Crippen LogP contribution in [0.3, 0.4) is 0 Å². The van der Waals surface area contributed by atoms with Crippen molar-refractivity contribution in [3.05, 3.63) is 33.8 Å². The van der Waals surface area contributed by atoms with Crippen molar-refractivity contribution < 1.29 is 8.42 Å². The van der Waals surface area contributed by atoms with Crippen molar-refractivity contribution in [3.63, 3.8) is 0 Å². The van der Waals surface area contributed by atoms with Gasteiger partial charge in [0.2, 0.25) is 10.0 Å². The zero-order valence-corrected chi connectivity index (χ0v) is 13.8. The lowest BCUT2D eigenvalue weighted by Crippen LogP contribution is -2.40. The van der Waals surface area contributed by atoms with Gasteiger partial charge in [-0.15, -0.1) is 0 Å². The fraction of sp³-hybridized carbons (Fsp3) is 0.538. The van der Waals surface area contributed by atoms with Crippen LogP contribution in [0, 0.1) is 6.92 Å². The number of nitrogens with one attached hydrogen (secondary N) is 1. The minimum Gasteiger partial charge on any atom is -0.212 e. The second kappa shape index (κ2) is 5.31. The molecule has 0 saturated carbocycles. The highest BCUT2D eigenvalue weighted by atomic mass is 79.9. The van der Waals surface area contributed by atoms with Crippen LogP contribution in [0.4, 0.5) is 0 Å². The molecule has 1 aromatic carbocycles. The summed E-state index contributed by atoms with van der Waals surface area (Å²) >= 11 is 3.46. The van der Waals surface area contributed by atoms with Crippen LogP contribution in [0.1, 0.15) is 44.9 Å². The maximum absolute atomic E-state index is 12.1. The average molecular weight is 334 g/mol. The third-order valence-corrected chi connectivity index (χ3v) is 6.05. The van der Waals surface area contributed by atoms with E-state index in [0.717, 1.165) is 15.6 Å². The summed E-state index contributed by atoms with van der Waals surface area (Å²) in [4.78, 5) is 0. The van der Waals surface area contributed by atoms with E-state index in [1.165, 1.54) is 0 Å². The molecule has 3 nitrogen and oxygen atoms in total. The number of hydrogen-bond acceptors (Lipinski definition) is 2. The molecule has 5 heteroatoms. The lowest BCUT2D eigenvalue weighted by atomic mass is 10.0. The first-order valence-corrected chi connectivity index (χ1v) is 8.11. The summed E-state index contributed by atoms with van der Waals surface area (Å²) < 4.78 is 27.1. The minimum atomic E-state index is -3.34. The van der Waals surface area contributed by atoms with Crippen molar-refractivity contribution in [3.8, 4) is 0 Å². The number of benzene rings is 1. The quantitative estimate of drug-likeness (QED) is 0.919. The highest BCUT2D eigenvalue weighted by Gasteiger charge is 2.30. The summed E-state index contributed by atoms with van der Waals surface area (Å²) in [6, 6.07) is 5.56. The van der Waals surface area contributed by atoms with E-state index in [2.05, 4.69) is 20.7 Å². The Kier molecular flexibility index (Phi) is 4.62.